The number of imidazole rings is 1. The van der Waals surface area contributed by atoms with Gasteiger partial charge in [-0.2, -0.15) is 0 Å². The first-order valence-electron chi connectivity index (χ1n) is 8.51. The van der Waals surface area contributed by atoms with Crippen LogP contribution in [-0.4, -0.2) is 14.8 Å². The molecule has 1 heterocycles. The number of hydrogen-bond acceptors (Lipinski definition) is 2. The zero-order chi connectivity index (χ0) is 16.2. The molecule has 1 aliphatic rings. The van der Waals surface area contributed by atoms with Crippen molar-refractivity contribution < 1.29 is 0 Å². The van der Waals surface area contributed by atoms with Crippen LogP contribution in [0.15, 0.2) is 47.9 Å². The number of aromatic nitrogens is 2. The highest BCUT2D eigenvalue weighted by atomic mass is 35.5. The van der Waals surface area contributed by atoms with E-state index in [1.165, 1.54) is 24.2 Å². The van der Waals surface area contributed by atoms with E-state index in [-0.39, 0.29) is 0 Å². The molecule has 0 saturated heterocycles. The maximum Gasteiger partial charge on any atom is 0.0946 e. The van der Waals surface area contributed by atoms with Crippen LogP contribution in [0, 0.1) is 17.8 Å². The van der Waals surface area contributed by atoms with Gasteiger partial charge in [-0.1, -0.05) is 44.7 Å². The van der Waals surface area contributed by atoms with Crippen LogP contribution in [0.3, 0.4) is 0 Å². The molecular weight excluding hydrogens is 324 g/mol. The molecule has 0 amide bonds. The average molecular weight is 349 g/mol. The molecule has 1 aromatic heterocycles. The molecule has 2 nitrogen and oxygen atoms in total. The lowest BCUT2D eigenvalue weighted by molar-refractivity contribution is 0.168. The Labute approximate surface area is 148 Å². The molecular formula is C19H25ClN2S. The van der Waals surface area contributed by atoms with Gasteiger partial charge in [0.15, 0.2) is 0 Å². The fourth-order valence-electron chi connectivity index (χ4n) is 3.97. The average Bonchev–Trinajstić information content (AvgIpc) is 3.02. The summed E-state index contributed by atoms with van der Waals surface area (Å²) < 4.78 is 2.22. The summed E-state index contributed by atoms with van der Waals surface area (Å²) in [6.45, 7) is 5.89. The second-order valence-corrected chi connectivity index (χ2v) is 8.58. The van der Waals surface area contributed by atoms with E-state index in [4.69, 9.17) is 11.6 Å². The van der Waals surface area contributed by atoms with Crippen molar-refractivity contribution in [3.8, 4) is 0 Å². The van der Waals surface area contributed by atoms with E-state index in [0.29, 0.717) is 5.25 Å². The van der Waals surface area contributed by atoms with Gasteiger partial charge in [-0.05, 0) is 42.0 Å². The summed E-state index contributed by atoms with van der Waals surface area (Å²) in [4.78, 5) is 5.52. The smallest absolute Gasteiger partial charge is 0.0946 e. The summed E-state index contributed by atoms with van der Waals surface area (Å²) in [6, 6.07) is 8.27. The van der Waals surface area contributed by atoms with Crippen molar-refractivity contribution in [1.82, 2.24) is 9.55 Å². The molecule has 2 aromatic rings. The van der Waals surface area contributed by atoms with Gasteiger partial charge in [0.1, 0.15) is 0 Å². The van der Waals surface area contributed by atoms with Crippen molar-refractivity contribution in [2.45, 2.75) is 49.8 Å². The molecule has 124 valence electrons. The minimum Gasteiger partial charge on any atom is -0.336 e. The van der Waals surface area contributed by atoms with E-state index in [0.717, 1.165) is 29.3 Å². The van der Waals surface area contributed by atoms with Gasteiger partial charge in [0.25, 0.3) is 0 Å². The Hall–Kier alpha value is -0.930. The molecule has 0 radical (unpaired) electrons. The predicted octanol–water partition coefficient (Wildman–Crippen LogP) is 5.77. The summed E-state index contributed by atoms with van der Waals surface area (Å²) in [7, 11) is 0. The minimum absolute atomic E-state index is 0.565. The second-order valence-electron chi connectivity index (χ2n) is 6.83. The van der Waals surface area contributed by atoms with E-state index in [9.17, 15) is 0 Å². The van der Waals surface area contributed by atoms with Gasteiger partial charge in [0, 0.05) is 34.1 Å². The van der Waals surface area contributed by atoms with Gasteiger partial charge < -0.3 is 4.57 Å². The van der Waals surface area contributed by atoms with Crippen LogP contribution in [0.5, 0.6) is 0 Å². The first-order chi connectivity index (χ1) is 11.1. The molecule has 3 rings (SSSR count). The lowest BCUT2D eigenvalue weighted by Gasteiger charge is -2.40. The number of hydrogen-bond donors (Lipinski definition) is 0. The summed E-state index contributed by atoms with van der Waals surface area (Å²) in [6.07, 6.45) is 9.98. The Bertz CT molecular complexity index is 586. The first-order valence-corrected chi connectivity index (χ1v) is 9.77. The SMILES string of the molecule is CC1CCCC(C)C1C(Cn1ccnc1)Sc1ccc(Cl)cc1. The Morgan fingerprint density at radius 3 is 2.52 bits per heavy atom. The van der Waals surface area contributed by atoms with E-state index in [2.05, 4.69) is 41.7 Å². The third-order valence-corrected chi connectivity index (χ3v) is 6.68. The largest absolute Gasteiger partial charge is 0.336 e. The van der Waals surface area contributed by atoms with Crippen molar-refractivity contribution >= 4 is 23.4 Å². The number of halogens is 1. The van der Waals surface area contributed by atoms with Gasteiger partial charge in [0.05, 0.1) is 6.33 Å². The number of rotatable bonds is 5. The highest BCUT2D eigenvalue weighted by Crippen LogP contribution is 2.43. The fraction of sp³-hybridized carbons (Fsp3) is 0.526. The zero-order valence-corrected chi connectivity index (χ0v) is 15.4. The quantitative estimate of drug-likeness (QED) is 0.638. The topological polar surface area (TPSA) is 17.8 Å². The Morgan fingerprint density at radius 2 is 1.91 bits per heavy atom. The summed E-state index contributed by atoms with van der Waals surface area (Å²) >= 11 is 8.04. The molecule has 1 fully saturated rings. The van der Waals surface area contributed by atoms with Crippen LogP contribution in [0.4, 0.5) is 0 Å². The fourth-order valence-corrected chi connectivity index (χ4v) is 5.68. The number of nitrogens with zero attached hydrogens (tertiary/aromatic N) is 2. The highest BCUT2D eigenvalue weighted by molar-refractivity contribution is 8.00. The van der Waals surface area contributed by atoms with Crippen LogP contribution in [-0.2, 0) is 6.54 Å². The van der Waals surface area contributed by atoms with E-state index in [1.807, 2.05) is 36.4 Å². The van der Waals surface area contributed by atoms with E-state index < -0.39 is 0 Å². The number of thioether (sulfide) groups is 1. The van der Waals surface area contributed by atoms with Crippen molar-refractivity contribution in [2.75, 3.05) is 0 Å². The van der Waals surface area contributed by atoms with Crippen LogP contribution < -0.4 is 0 Å². The van der Waals surface area contributed by atoms with E-state index in [1.54, 1.807) is 0 Å². The van der Waals surface area contributed by atoms with Crippen LogP contribution >= 0.6 is 23.4 Å². The third kappa shape index (κ3) is 4.33. The van der Waals surface area contributed by atoms with Crippen molar-refractivity contribution in [2.24, 2.45) is 17.8 Å². The van der Waals surface area contributed by atoms with Gasteiger partial charge in [0.2, 0.25) is 0 Å². The molecule has 1 aliphatic carbocycles. The minimum atomic E-state index is 0.565. The molecule has 0 bridgehead atoms. The van der Waals surface area contributed by atoms with Crippen LogP contribution in [0.25, 0.3) is 0 Å². The standard InChI is InChI=1S/C19H25ClN2S/c1-14-4-3-5-15(2)19(14)18(12-22-11-10-21-13-22)23-17-8-6-16(20)7-9-17/h6-11,13-15,18-19H,3-5,12H2,1-2H3. The van der Waals surface area contributed by atoms with Gasteiger partial charge in [-0.25, -0.2) is 4.98 Å². The van der Waals surface area contributed by atoms with Gasteiger partial charge in [-0.15, -0.1) is 11.8 Å². The normalized spacial score (nSPS) is 26.1. The Morgan fingerprint density at radius 1 is 1.22 bits per heavy atom. The monoisotopic (exact) mass is 348 g/mol. The number of benzene rings is 1. The van der Waals surface area contributed by atoms with Gasteiger partial charge >= 0.3 is 0 Å². The Balaban J connectivity index is 1.81. The Kier molecular flexibility index (Phi) is 5.71. The van der Waals surface area contributed by atoms with Gasteiger partial charge in [-0.3, -0.25) is 0 Å². The predicted molar refractivity (Wildman–Crippen MR) is 99.0 cm³/mol. The molecule has 0 spiro atoms. The maximum atomic E-state index is 6.04. The van der Waals surface area contributed by atoms with Crippen LogP contribution in [0.1, 0.15) is 33.1 Å². The summed E-state index contributed by atoms with van der Waals surface area (Å²) in [5, 5.41) is 1.37. The summed E-state index contributed by atoms with van der Waals surface area (Å²) in [5.41, 5.74) is 0. The lowest BCUT2D eigenvalue weighted by atomic mass is 9.72. The van der Waals surface area contributed by atoms with Crippen molar-refractivity contribution in [3.05, 3.63) is 48.0 Å². The van der Waals surface area contributed by atoms with Crippen LogP contribution in [0.2, 0.25) is 5.02 Å². The molecule has 23 heavy (non-hydrogen) atoms. The van der Waals surface area contributed by atoms with Crippen molar-refractivity contribution in [3.63, 3.8) is 0 Å². The molecule has 4 heteroatoms. The molecule has 0 aliphatic heterocycles. The molecule has 1 aromatic carbocycles. The first kappa shape index (κ1) is 16.9. The second kappa shape index (κ2) is 7.76. The van der Waals surface area contributed by atoms with E-state index >= 15 is 0 Å². The molecule has 1 saturated carbocycles. The maximum absolute atomic E-state index is 6.04. The van der Waals surface area contributed by atoms with Crippen molar-refractivity contribution in [1.29, 1.82) is 0 Å². The summed E-state index contributed by atoms with van der Waals surface area (Å²) in [5.74, 6) is 2.31. The third-order valence-electron chi connectivity index (χ3n) is 5.11. The lowest BCUT2D eigenvalue weighted by Crippen LogP contribution is -2.35. The highest BCUT2D eigenvalue weighted by Gasteiger charge is 2.34. The molecule has 3 atom stereocenters. The zero-order valence-electron chi connectivity index (χ0n) is 13.9. The molecule has 3 unspecified atom stereocenters. The molecule has 0 N–H and O–H groups in total.